The molecule has 0 saturated carbocycles. The first-order valence-corrected chi connectivity index (χ1v) is 7.23. The molecule has 0 amide bonds. The number of rotatable bonds is 6. The van der Waals surface area contributed by atoms with Crippen LogP contribution in [0.1, 0.15) is 46.7 Å². The van der Waals surface area contributed by atoms with Gasteiger partial charge in [0.15, 0.2) is 0 Å². The lowest BCUT2D eigenvalue weighted by Gasteiger charge is -2.24. The summed E-state index contributed by atoms with van der Waals surface area (Å²) in [6, 6.07) is 4.27. The Balaban J connectivity index is 2.66. The van der Waals surface area contributed by atoms with E-state index in [1.54, 1.807) is 0 Å². The summed E-state index contributed by atoms with van der Waals surface area (Å²) in [7, 11) is 2.16. The van der Waals surface area contributed by atoms with Gasteiger partial charge in [0.05, 0.1) is 5.69 Å². The van der Waals surface area contributed by atoms with E-state index < -0.39 is 0 Å². The average molecular weight is 263 g/mol. The van der Waals surface area contributed by atoms with Gasteiger partial charge < -0.3 is 10.2 Å². The van der Waals surface area contributed by atoms with Crippen LogP contribution in [-0.2, 0) is 6.54 Å². The first-order chi connectivity index (χ1) is 8.81. The Hall–Kier alpha value is -1.09. The van der Waals surface area contributed by atoms with Crippen molar-refractivity contribution < 1.29 is 0 Å². The molecule has 1 aromatic heterocycles. The number of nitrogens with zero attached hydrogens (tertiary/aromatic N) is 2. The van der Waals surface area contributed by atoms with E-state index in [4.69, 9.17) is 0 Å². The molecule has 1 heterocycles. The zero-order chi connectivity index (χ0) is 14.5. The predicted octanol–water partition coefficient (Wildman–Crippen LogP) is 3.45. The van der Waals surface area contributed by atoms with Crippen molar-refractivity contribution in [2.45, 2.75) is 53.1 Å². The van der Waals surface area contributed by atoms with Crippen LogP contribution >= 0.6 is 0 Å². The Bertz CT molecular complexity index is 382. The first kappa shape index (κ1) is 16.0. The molecule has 0 aliphatic heterocycles. The summed E-state index contributed by atoms with van der Waals surface area (Å²) in [5.74, 6) is 0.717. The van der Waals surface area contributed by atoms with Gasteiger partial charge in [-0.15, -0.1) is 0 Å². The zero-order valence-electron chi connectivity index (χ0n) is 13.3. The van der Waals surface area contributed by atoms with Gasteiger partial charge in [-0.1, -0.05) is 20.3 Å². The standard InChI is InChI=1S/C16H29N3/c1-7-13(2)12-19(6)15-8-9-17-14(10-15)11-18-16(3,4)5/h8-10,13,18H,7,11-12H2,1-6H3. The maximum absolute atomic E-state index is 4.44. The second-order valence-corrected chi connectivity index (χ2v) is 6.50. The monoisotopic (exact) mass is 263 g/mol. The van der Waals surface area contributed by atoms with Crippen LogP contribution in [0.25, 0.3) is 0 Å². The van der Waals surface area contributed by atoms with Gasteiger partial charge in [-0.05, 0) is 38.8 Å². The van der Waals surface area contributed by atoms with E-state index in [0.717, 1.165) is 18.8 Å². The van der Waals surface area contributed by atoms with Gasteiger partial charge in [-0.25, -0.2) is 0 Å². The molecule has 0 radical (unpaired) electrons. The van der Waals surface area contributed by atoms with Gasteiger partial charge in [0.1, 0.15) is 0 Å². The van der Waals surface area contributed by atoms with Crippen LogP contribution in [0.5, 0.6) is 0 Å². The molecule has 0 aromatic carbocycles. The molecule has 108 valence electrons. The number of nitrogens with one attached hydrogen (secondary N) is 1. The van der Waals surface area contributed by atoms with Crippen LogP contribution in [0, 0.1) is 5.92 Å². The summed E-state index contributed by atoms with van der Waals surface area (Å²) in [6.45, 7) is 13.0. The van der Waals surface area contributed by atoms with Gasteiger partial charge in [0.2, 0.25) is 0 Å². The maximum atomic E-state index is 4.44. The highest BCUT2D eigenvalue weighted by molar-refractivity contribution is 5.45. The molecule has 3 heteroatoms. The second kappa shape index (κ2) is 6.90. The number of anilines is 1. The normalized spacial score (nSPS) is 13.4. The number of hydrogen-bond acceptors (Lipinski definition) is 3. The Morgan fingerprint density at radius 3 is 2.63 bits per heavy atom. The van der Waals surface area contributed by atoms with Gasteiger partial charge >= 0.3 is 0 Å². The van der Waals surface area contributed by atoms with E-state index >= 15 is 0 Å². The van der Waals surface area contributed by atoms with Crippen molar-refractivity contribution in [3.05, 3.63) is 24.0 Å². The third kappa shape index (κ3) is 6.06. The van der Waals surface area contributed by atoms with Crippen LogP contribution in [0.4, 0.5) is 5.69 Å². The Morgan fingerprint density at radius 2 is 2.05 bits per heavy atom. The molecule has 0 spiro atoms. The molecular weight excluding hydrogens is 234 g/mol. The van der Waals surface area contributed by atoms with Crippen molar-refractivity contribution in [1.29, 1.82) is 0 Å². The molecule has 1 aromatic rings. The molecule has 0 aliphatic rings. The van der Waals surface area contributed by atoms with Crippen LogP contribution in [-0.4, -0.2) is 24.1 Å². The minimum absolute atomic E-state index is 0.125. The third-order valence-electron chi connectivity index (χ3n) is 3.32. The lowest BCUT2D eigenvalue weighted by Crippen LogP contribution is -2.35. The Morgan fingerprint density at radius 1 is 1.37 bits per heavy atom. The van der Waals surface area contributed by atoms with Gasteiger partial charge in [0, 0.05) is 37.6 Å². The van der Waals surface area contributed by atoms with Crippen molar-refractivity contribution in [2.75, 3.05) is 18.5 Å². The molecule has 0 aliphatic carbocycles. The van der Waals surface area contributed by atoms with E-state index in [2.05, 4.69) is 69.0 Å². The van der Waals surface area contributed by atoms with Crippen LogP contribution in [0.3, 0.4) is 0 Å². The fraction of sp³-hybridized carbons (Fsp3) is 0.688. The minimum atomic E-state index is 0.125. The Kier molecular flexibility index (Phi) is 5.80. The first-order valence-electron chi connectivity index (χ1n) is 7.23. The molecular formula is C16H29N3. The fourth-order valence-corrected chi connectivity index (χ4v) is 1.86. The van der Waals surface area contributed by atoms with E-state index in [1.165, 1.54) is 12.1 Å². The smallest absolute Gasteiger partial charge is 0.0562 e. The summed E-state index contributed by atoms with van der Waals surface area (Å²) >= 11 is 0. The lowest BCUT2D eigenvalue weighted by molar-refractivity contribution is 0.421. The maximum Gasteiger partial charge on any atom is 0.0562 e. The SMILES string of the molecule is CCC(C)CN(C)c1ccnc(CNC(C)(C)C)c1. The molecule has 0 saturated heterocycles. The number of aromatic nitrogens is 1. The van der Waals surface area contributed by atoms with Crippen molar-refractivity contribution in [3.8, 4) is 0 Å². The lowest BCUT2D eigenvalue weighted by atomic mass is 10.1. The third-order valence-corrected chi connectivity index (χ3v) is 3.32. The molecule has 1 rings (SSSR count). The largest absolute Gasteiger partial charge is 0.374 e. The molecule has 1 atom stereocenters. The van der Waals surface area contributed by atoms with Crippen LogP contribution in [0.2, 0.25) is 0 Å². The second-order valence-electron chi connectivity index (χ2n) is 6.50. The summed E-state index contributed by atoms with van der Waals surface area (Å²) < 4.78 is 0. The van der Waals surface area contributed by atoms with E-state index in [1.807, 2.05) is 6.20 Å². The number of pyridine rings is 1. The molecule has 1 unspecified atom stereocenters. The molecule has 19 heavy (non-hydrogen) atoms. The topological polar surface area (TPSA) is 28.2 Å². The van der Waals surface area contributed by atoms with Crippen molar-refractivity contribution in [1.82, 2.24) is 10.3 Å². The Labute approximate surface area is 118 Å². The van der Waals surface area contributed by atoms with Crippen molar-refractivity contribution in [3.63, 3.8) is 0 Å². The van der Waals surface area contributed by atoms with Crippen molar-refractivity contribution in [2.24, 2.45) is 5.92 Å². The fourth-order valence-electron chi connectivity index (χ4n) is 1.86. The summed E-state index contributed by atoms with van der Waals surface area (Å²) in [5.41, 5.74) is 2.48. The van der Waals surface area contributed by atoms with E-state index in [-0.39, 0.29) is 5.54 Å². The quantitative estimate of drug-likeness (QED) is 0.852. The van der Waals surface area contributed by atoms with Gasteiger partial charge in [0.25, 0.3) is 0 Å². The molecule has 3 nitrogen and oxygen atoms in total. The predicted molar refractivity (Wildman–Crippen MR) is 83.6 cm³/mol. The summed E-state index contributed by atoms with van der Waals surface area (Å²) in [5, 5.41) is 3.48. The zero-order valence-corrected chi connectivity index (χ0v) is 13.3. The molecule has 1 N–H and O–H groups in total. The van der Waals surface area contributed by atoms with Gasteiger partial charge in [-0.2, -0.15) is 0 Å². The minimum Gasteiger partial charge on any atom is -0.374 e. The van der Waals surface area contributed by atoms with Crippen molar-refractivity contribution >= 4 is 5.69 Å². The molecule has 0 bridgehead atoms. The number of hydrogen-bond donors (Lipinski definition) is 1. The summed E-state index contributed by atoms with van der Waals surface area (Å²) in [6.07, 6.45) is 3.12. The van der Waals surface area contributed by atoms with E-state index in [9.17, 15) is 0 Å². The van der Waals surface area contributed by atoms with Gasteiger partial charge in [-0.3, -0.25) is 4.98 Å². The van der Waals surface area contributed by atoms with Crippen LogP contribution in [0.15, 0.2) is 18.3 Å². The molecule has 0 fully saturated rings. The average Bonchev–Trinajstić information content (AvgIpc) is 2.35. The highest BCUT2D eigenvalue weighted by Gasteiger charge is 2.10. The van der Waals surface area contributed by atoms with E-state index in [0.29, 0.717) is 5.92 Å². The van der Waals surface area contributed by atoms with Crippen LogP contribution < -0.4 is 10.2 Å². The summed E-state index contributed by atoms with van der Waals surface area (Å²) in [4.78, 5) is 6.75. The highest BCUT2D eigenvalue weighted by Crippen LogP contribution is 2.16. The highest BCUT2D eigenvalue weighted by atomic mass is 15.1.